The Morgan fingerprint density at radius 2 is 1.64 bits per heavy atom. The number of hydrogen-bond donors (Lipinski definition) is 0. The third-order valence-electron chi connectivity index (χ3n) is 1.96. The normalized spacial score (nSPS) is 15.6. The highest BCUT2D eigenvalue weighted by Gasteiger charge is 2.14. The summed E-state index contributed by atoms with van der Waals surface area (Å²) in [5, 5.41) is 0. The Bertz CT molecular complexity index is 439. The van der Waals surface area contributed by atoms with Crippen LogP contribution in [0.3, 0.4) is 0 Å². The van der Waals surface area contributed by atoms with Crippen LogP contribution in [-0.2, 0) is 9.59 Å². The highest BCUT2D eigenvalue weighted by molar-refractivity contribution is 6.46. The molecule has 2 nitrogen and oxygen atoms in total. The van der Waals surface area contributed by atoms with Gasteiger partial charge in [-0.25, -0.2) is 0 Å². The molecule has 1 radical (unpaired) electrons. The molecule has 0 atom stereocenters. The molecule has 0 amide bonds. The highest BCUT2D eigenvalue weighted by atomic mass is 16.2. The average molecular weight is 183 g/mol. The molecule has 0 fully saturated rings. The number of carbonyl (C=O) groups excluding carboxylic acids is 2. The van der Waals surface area contributed by atoms with E-state index in [9.17, 15) is 9.59 Å². The van der Waals surface area contributed by atoms with Crippen molar-refractivity contribution in [1.82, 2.24) is 0 Å². The SMILES string of the molecule is O=C1[C]=C(c2ccccc2)C=CC1=O. The van der Waals surface area contributed by atoms with Crippen molar-refractivity contribution in [2.75, 3.05) is 0 Å². The Balaban J connectivity index is 2.39. The Morgan fingerprint density at radius 3 is 2.29 bits per heavy atom. The molecule has 1 aromatic rings. The van der Waals surface area contributed by atoms with Gasteiger partial charge in [-0.05, 0) is 23.3 Å². The van der Waals surface area contributed by atoms with Crippen LogP contribution in [0.2, 0.25) is 0 Å². The molecule has 0 saturated carbocycles. The molecule has 1 aliphatic carbocycles. The van der Waals surface area contributed by atoms with Crippen LogP contribution in [0.4, 0.5) is 0 Å². The second-order valence-corrected chi connectivity index (χ2v) is 2.93. The molecule has 0 saturated heterocycles. The van der Waals surface area contributed by atoms with Gasteiger partial charge in [-0.15, -0.1) is 0 Å². The zero-order valence-corrected chi connectivity index (χ0v) is 7.36. The van der Waals surface area contributed by atoms with Gasteiger partial charge >= 0.3 is 0 Å². The van der Waals surface area contributed by atoms with E-state index in [1.54, 1.807) is 6.08 Å². The first kappa shape index (κ1) is 8.63. The zero-order chi connectivity index (χ0) is 9.97. The predicted molar refractivity (Wildman–Crippen MR) is 52.2 cm³/mol. The van der Waals surface area contributed by atoms with Gasteiger partial charge < -0.3 is 0 Å². The van der Waals surface area contributed by atoms with Crippen LogP contribution in [0.5, 0.6) is 0 Å². The number of Topliss-reactive ketones (excluding diaryl/α,β-unsaturated/α-hetero) is 1. The van der Waals surface area contributed by atoms with E-state index in [0.717, 1.165) is 5.56 Å². The monoisotopic (exact) mass is 183 g/mol. The summed E-state index contributed by atoms with van der Waals surface area (Å²) < 4.78 is 0. The van der Waals surface area contributed by atoms with Crippen molar-refractivity contribution in [2.24, 2.45) is 0 Å². The summed E-state index contributed by atoms with van der Waals surface area (Å²) in [5.41, 5.74) is 1.56. The van der Waals surface area contributed by atoms with Crippen molar-refractivity contribution < 1.29 is 9.59 Å². The van der Waals surface area contributed by atoms with Gasteiger partial charge in [0.1, 0.15) is 0 Å². The number of hydrogen-bond acceptors (Lipinski definition) is 2. The standard InChI is InChI=1S/C12H7O2/c13-11-7-6-10(8-12(11)14)9-4-2-1-3-5-9/h1-7H. The molecule has 0 unspecified atom stereocenters. The summed E-state index contributed by atoms with van der Waals surface area (Å²) in [7, 11) is 0. The smallest absolute Gasteiger partial charge is 0.234 e. The molecule has 0 N–H and O–H groups in total. The Hall–Kier alpha value is -1.96. The first-order valence-corrected chi connectivity index (χ1v) is 4.23. The van der Waals surface area contributed by atoms with Crippen molar-refractivity contribution in [1.29, 1.82) is 0 Å². The summed E-state index contributed by atoms with van der Waals surface area (Å²) in [6.45, 7) is 0. The highest BCUT2D eigenvalue weighted by Crippen LogP contribution is 2.17. The van der Waals surface area contributed by atoms with Gasteiger partial charge in [-0.3, -0.25) is 9.59 Å². The van der Waals surface area contributed by atoms with E-state index in [-0.39, 0.29) is 0 Å². The summed E-state index contributed by atoms with van der Waals surface area (Å²) in [6, 6.07) is 9.38. The molecule has 1 aliphatic rings. The van der Waals surface area contributed by atoms with E-state index in [4.69, 9.17) is 0 Å². The lowest BCUT2D eigenvalue weighted by molar-refractivity contribution is -0.131. The minimum atomic E-state index is -0.577. The second-order valence-electron chi connectivity index (χ2n) is 2.93. The van der Waals surface area contributed by atoms with E-state index in [2.05, 4.69) is 6.08 Å². The van der Waals surface area contributed by atoms with Gasteiger partial charge in [-0.1, -0.05) is 30.3 Å². The first-order valence-electron chi connectivity index (χ1n) is 4.23. The summed E-state index contributed by atoms with van der Waals surface area (Å²) in [5.74, 6) is -1.09. The second kappa shape index (κ2) is 3.42. The maximum absolute atomic E-state index is 11.0. The molecular weight excluding hydrogens is 176 g/mol. The predicted octanol–water partition coefficient (Wildman–Crippen LogP) is 1.58. The van der Waals surface area contributed by atoms with E-state index in [0.29, 0.717) is 5.57 Å². The quantitative estimate of drug-likeness (QED) is 0.489. The van der Waals surface area contributed by atoms with Crippen LogP contribution in [0.25, 0.3) is 5.57 Å². The Morgan fingerprint density at radius 1 is 0.929 bits per heavy atom. The number of rotatable bonds is 1. The number of carbonyl (C=O) groups is 2. The van der Waals surface area contributed by atoms with Crippen LogP contribution in [0.15, 0.2) is 42.5 Å². The van der Waals surface area contributed by atoms with E-state index in [1.807, 2.05) is 30.3 Å². The van der Waals surface area contributed by atoms with Crippen molar-refractivity contribution in [3.05, 3.63) is 54.1 Å². The summed E-state index contributed by atoms with van der Waals surface area (Å²) >= 11 is 0. The molecule has 14 heavy (non-hydrogen) atoms. The van der Waals surface area contributed by atoms with Crippen LogP contribution in [0.1, 0.15) is 5.56 Å². The Kier molecular flexibility index (Phi) is 2.11. The lowest BCUT2D eigenvalue weighted by Gasteiger charge is -2.04. The van der Waals surface area contributed by atoms with Gasteiger partial charge in [0.25, 0.3) is 0 Å². The molecule has 67 valence electrons. The molecule has 0 spiro atoms. The van der Waals surface area contributed by atoms with E-state index in [1.165, 1.54) is 6.08 Å². The number of benzene rings is 1. The summed E-state index contributed by atoms with van der Waals surface area (Å²) in [4.78, 5) is 21.9. The maximum atomic E-state index is 11.0. The van der Waals surface area contributed by atoms with Crippen LogP contribution in [0, 0.1) is 6.08 Å². The molecule has 0 aliphatic heterocycles. The third kappa shape index (κ3) is 1.55. The molecule has 1 aromatic carbocycles. The lowest BCUT2D eigenvalue weighted by atomic mass is 9.98. The van der Waals surface area contributed by atoms with Crippen LogP contribution in [-0.4, -0.2) is 11.6 Å². The fourth-order valence-electron chi connectivity index (χ4n) is 1.25. The average Bonchev–Trinajstić information content (AvgIpc) is 2.23. The van der Waals surface area contributed by atoms with Gasteiger partial charge in [-0.2, -0.15) is 0 Å². The molecule has 0 bridgehead atoms. The third-order valence-corrected chi connectivity index (χ3v) is 1.96. The topological polar surface area (TPSA) is 34.1 Å². The minimum Gasteiger partial charge on any atom is -0.286 e. The van der Waals surface area contributed by atoms with Crippen molar-refractivity contribution in [3.63, 3.8) is 0 Å². The molecule has 2 heteroatoms. The van der Waals surface area contributed by atoms with Gasteiger partial charge in [0.15, 0.2) is 0 Å². The van der Waals surface area contributed by atoms with E-state index < -0.39 is 11.6 Å². The number of allylic oxidation sites excluding steroid dienone is 4. The van der Waals surface area contributed by atoms with Crippen molar-refractivity contribution >= 4 is 17.1 Å². The molecular formula is C12H7O2. The molecule has 0 heterocycles. The first-order chi connectivity index (χ1) is 6.77. The molecule has 0 aromatic heterocycles. The number of ketones is 2. The van der Waals surface area contributed by atoms with Gasteiger partial charge in [0.2, 0.25) is 11.6 Å². The van der Waals surface area contributed by atoms with Crippen LogP contribution >= 0.6 is 0 Å². The lowest BCUT2D eigenvalue weighted by Crippen LogP contribution is -2.11. The molecule has 2 rings (SSSR count). The Labute approximate surface area is 81.6 Å². The largest absolute Gasteiger partial charge is 0.286 e. The minimum absolute atomic E-state index is 0.510. The fraction of sp³-hybridized carbons (Fsp3) is 0. The maximum Gasteiger partial charge on any atom is 0.234 e. The summed E-state index contributed by atoms with van der Waals surface area (Å²) in [6.07, 6.45) is 5.41. The van der Waals surface area contributed by atoms with Crippen molar-refractivity contribution in [2.45, 2.75) is 0 Å². The van der Waals surface area contributed by atoms with E-state index >= 15 is 0 Å². The van der Waals surface area contributed by atoms with Crippen molar-refractivity contribution in [3.8, 4) is 0 Å². The zero-order valence-electron chi connectivity index (χ0n) is 7.36. The fourth-order valence-corrected chi connectivity index (χ4v) is 1.25. The van der Waals surface area contributed by atoms with Gasteiger partial charge in [0.05, 0.1) is 0 Å². The van der Waals surface area contributed by atoms with Gasteiger partial charge in [0, 0.05) is 6.08 Å². The van der Waals surface area contributed by atoms with Crippen LogP contribution < -0.4 is 0 Å².